The van der Waals surface area contributed by atoms with Gasteiger partial charge in [-0.15, -0.1) is 11.6 Å². The van der Waals surface area contributed by atoms with Crippen molar-refractivity contribution in [1.29, 1.82) is 0 Å². The van der Waals surface area contributed by atoms with Gasteiger partial charge in [0.15, 0.2) is 17.4 Å². The number of carbonyl (C=O) groups excluding carboxylic acids is 1. The molecule has 8 heteroatoms. The fraction of sp³-hybridized carbons (Fsp3) is 0.294. The van der Waals surface area contributed by atoms with E-state index < -0.39 is 5.38 Å². The third-order valence-corrected chi connectivity index (χ3v) is 3.71. The number of nitrogens with one attached hydrogen (secondary N) is 1. The highest BCUT2D eigenvalue weighted by Gasteiger charge is 2.16. The Hall–Kier alpha value is -2.67. The second kappa shape index (κ2) is 6.68. The third kappa shape index (κ3) is 3.71. The molecule has 0 radical (unpaired) electrons. The molecule has 1 amide bonds. The molecule has 25 heavy (non-hydrogen) atoms. The Balaban J connectivity index is 2.11. The molecule has 3 aromatic heterocycles. The number of aromatic nitrogens is 4. The summed E-state index contributed by atoms with van der Waals surface area (Å²) in [6, 6.07) is 7.20. The predicted molar refractivity (Wildman–Crippen MR) is 95.0 cm³/mol. The Labute approximate surface area is 150 Å². The fourth-order valence-electron chi connectivity index (χ4n) is 2.36. The number of hydrogen-bond acceptors (Lipinski definition) is 5. The van der Waals surface area contributed by atoms with E-state index in [2.05, 4.69) is 20.4 Å². The van der Waals surface area contributed by atoms with Gasteiger partial charge in [0.25, 0.3) is 0 Å². The van der Waals surface area contributed by atoms with E-state index in [9.17, 15) is 4.79 Å². The number of nitrogens with zero attached hydrogens (tertiary/aromatic N) is 4. The standard InChI is InChI=1S/C17H18ClN5O2/c1-9-7-10(2)23(22-9)15-8-14(20-17(24)12(4)18)19-16(21-15)13-6-5-11(3)25-13/h5-8,12H,1-4H3,(H,19,20,21,24). The van der Waals surface area contributed by atoms with Crippen molar-refractivity contribution in [3.8, 4) is 17.4 Å². The van der Waals surface area contributed by atoms with E-state index in [1.54, 1.807) is 23.7 Å². The molecule has 3 heterocycles. The highest BCUT2D eigenvalue weighted by molar-refractivity contribution is 6.32. The minimum atomic E-state index is -0.679. The van der Waals surface area contributed by atoms with Crippen LogP contribution < -0.4 is 5.32 Å². The fourth-order valence-corrected chi connectivity index (χ4v) is 2.41. The molecule has 0 spiro atoms. The second-order valence-electron chi connectivity index (χ2n) is 5.79. The molecule has 3 rings (SSSR count). The average Bonchev–Trinajstić information content (AvgIpc) is 3.12. The van der Waals surface area contributed by atoms with Crippen LogP contribution in [-0.2, 0) is 4.79 Å². The van der Waals surface area contributed by atoms with Crippen LogP contribution in [-0.4, -0.2) is 31.0 Å². The van der Waals surface area contributed by atoms with Crippen LogP contribution in [0.1, 0.15) is 24.1 Å². The summed E-state index contributed by atoms with van der Waals surface area (Å²) in [6.07, 6.45) is 0. The van der Waals surface area contributed by atoms with Crippen molar-refractivity contribution in [2.24, 2.45) is 0 Å². The van der Waals surface area contributed by atoms with Gasteiger partial charge in [0, 0.05) is 11.8 Å². The SMILES string of the molecule is Cc1cc(C)n(-c2cc(NC(=O)C(C)Cl)nc(-c3ccc(C)o3)n2)n1. The first-order valence-electron chi connectivity index (χ1n) is 7.78. The first-order chi connectivity index (χ1) is 11.8. The molecule has 1 unspecified atom stereocenters. The number of rotatable bonds is 4. The van der Waals surface area contributed by atoms with E-state index in [0.29, 0.717) is 23.2 Å². The van der Waals surface area contributed by atoms with Crippen LogP contribution in [0.25, 0.3) is 17.4 Å². The van der Waals surface area contributed by atoms with Crippen LogP contribution in [0.4, 0.5) is 5.82 Å². The van der Waals surface area contributed by atoms with Crippen LogP contribution in [0.5, 0.6) is 0 Å². The van der Waals surface area contributed by atoms with Crippen molar-refractivity contribution in [1.82, 2.24) is 19.7 Å². The number of hydrogen-bond donors (Lipinski definition) is 1. The number of anilines is 1. The summed E-state index contributed by atoms with van der Waals surface area (Å²) < 4.78 is 7.30. The molecule has 0 bridgehead atoms. The van der Waals surface area contributed by atoms with Crippen LogP contribution in [0.2, 0.25) is 0 Å². The molecule has 1 atom stereocenters. The van der Waals surface area contributed by atoms with Crippen LogP contribution in [0, 0.1) is 20.8 Å². The summed E-state index contributed by atoms with van der Waals surface area (Å²) in [7, 11) is 0. The van der Waals surface area contributed by atoms with Gasteiger partial charge in [0.2, 0.25) is 5.91 Å². The Morgan fingerprint density at radius 2 is 2.00 bits per heavy atom. The van der Waals surface area contributed by atoms with Gasteiger partial charge in [-0.1, -0.05) is 0 Å². The van der Waals surface area contributed by atoms with Crippen molar-refractivity contribution < 1.29 is 9.21 Å². The average molecular weight is 360 g/mol. The van der Waals surface area contributed by atoms with Gasteiger partial charge in [-0.3, -0.25) is 4.79 Å². The van der Waals surface area contributed by atoms with Gasteiger partial charge in [-0.25, -0.2) is 14.6 Å². The van der Waals surface area contributed by atoms with Gasteiger partial charge < -0.3 is 9.73 Å². The lowest BCUT2D eigenvalue weighted by Crippen LogP contribution is -2.21. The zero-order valence-electron chi connectivity index (χ0n) is 14.4. The minimum Gasteiger partial charge on any atom is -0.458 e. The maximum atomic E-state index is 11.9. The summed E-state index contributed by atoms with van der Waals surface area (Å²) in [5, 5.41) is 6.44. The van der Waals surface area contributed by atoms with E-state index >= 15 is 0 Å². The largest absolute Gasteiger partial charge is 0.458 e. The Morgan fingerprint density at radius 1 is 1.24 bits per heavy atom. The maximum Gasteiger partial charge on any atom is 0.243 e. The molecule has 7 nitrogen and oxygen atoms in total. The van der Waals surface area contributed by atoms with E-state index in [1.165, 1.54) is 0 Å². The molecule has 0 saturated heterocycles. The number of alkyl halides is 1. The first kappa shape index (κ1) is 17.2. The van der Waals surface area contributed by atoms with Crippen molar-refractivity contribution >= 4 is 23.3 Å². The zero-order valence-corrected chi connectivity index (χ0v) is 15.1. The lowest BCUT2D eigenvalue weighted by atomic mass is 10.3. The molecule has 3 aromatic rings. The molecule has 0 aliphatic carbocycles. The minimum absolute atomic E-state index is 0.333. The Morgan fingerprint density at radius 3 is 2.56 bits per heavy atom. The third-order valence-electron chi connectivity index (χ3n) is 3.51. The highest BCUT2D eigenvalue weighted by atomic mass is 35.5. The summed E-state index contributed by atoms with van der Waals surface area (Å²) in [5.41, 5.74) is 1.78. The lowest BCUT2D eigenvalue weighted by molar-refractivity contribution is -0.115. The molecule has 1 N–H and O–H groups in total. The van der Waals surface area contributed by atoms with Gasteiger partial charge in [0.1, 0.15) is 17.0 Å². The lowest BCUT2D eigenvalue weighted by Gasteiger charge is -2.10. The number of halogens is 1. The van der Waals surface area contributed by atoms with Gasteiger partial charge in [-0.2, -0.15) is 5.10 Å². The quantitative estimate of drug-likeness (QED) is 0.721. The van der Waals surface area contributed by atoms with E-state index in [0.717, 1.165) is 17.1 Å². The van der Waals surface area contributed by atoms with E-state index in [1.807, 2.05) is 32.9 Å². The van der Waals surface area contributed by atoms with Gasteiger partial charge in [-0.05, 0) is 45.9 Å². The van der Waals surface area contributed by atoms with Crippen LogP contribution in [0.3, 0.4) is 0 Å². The first-order valence-corrected chi connectivity index (χ1v) is 8.21. The second-order valence-corrected chi connectivity index (χ2v) is 6.44. The summed E-state index contributed by atoms with van der Waals surface area (Å²) in [4.78, 5) is 20.8. The summed E-state index contributed by atoms with van der Waals surface area (Å²) >= 11 is 5.83. The van der Waals surface area contributed by atoms with E-state index in [4.69, 9.17) is 16.0 Å². The number of carbonyl (C=O) groups is 1. The van der Waals surface area contributed by atoms with E-state index in [-0.39, 0.29) is 5.91 Å². The Bertz CT molecular complexity index is 929. The summed E-state index contributed by atoms with van der Waals surface area (Å²) in [5.74, 6) is 2.13. The van der Waals surface area contributed by atoms with Crippen molar-refractivity contribution in [3.63, 3.8) is 0 Å². The molecule has 130 valence electrons. The monoisotopic (exact) mass is 359 g/mol. The normalized spacial score (nSPS) is 12.2. The highest BCUT2D eigenvalue weighted by Crippen LogP contribution is 2.23. The summed E-state index contributed by atoms with van der Waals surface area (Å²) in [6.45, 7) is 7.26. The number of amides is 1. The van der Waals surface area contributed by atoms with Crippen LogP contribution in [0.15, 0.2) is 28.7 Å². The molecular weight excluding hydrogens is 342 g/mol. The molecule has 0 saturated carbocycles. The number of furan rings is 1. The van der Waals surface area contributed by atoms with Gasteiger partial charge >= 0.3 is 0 Å². The van der Waals surface area contributed by atoms with Crippen molar-refractivity contribution in [3.05, 3.63) is 41.4 Å². The van der Waals surface area contributed by atoms with Crippen molar-refractivity contribution in [2.45, 2.75) is 33.1 Å². The number of aryl methyl sites for hydroxylation is 3. The molecule has 0 fully saturated rings. The zero-order chi connectivity index (χ0) is 18.1. The molecule has 0 aliphatic heterocycles. The smallest absolute Gasteiger partial charge is 0.243 e. The molecule has 0 aromatic carbocycles. The Kier molecular flexibility index (Phi) is 4.59. The van der Waals surface area contributed by atoms with Gasteiger partial charge in [0.05, 0.1) is 5.69 Å². The molecular formula is C17H18ClN5O2. The molecule has 0 aliphatic rings. The van der Waals surface area contributed by atoms with Crippen molar-refractivity contribution in [2.75, 3.05) is 5.32 Å². The predicted octanol–water partition coefficient (Wildman–Crippen LogP) is 3.41. The van der Waals surface area contributed by atoms with Crippen LogP contribution >= 0.6 is 11.6 Å². The maximum absolute atomic E-state index is 11.9. The topological polar surface area (TPSA) is 85.8 Å².